The van der Waals surface area contributed by atoms with E-state index in [1.165, 1.54) is 19.2 Å². The number of carbonyl (C=O) groups excluding carboxylic acids is 1. The van der Waals surface area contributed by atoms with Gasteiger partial charge in [0.15, 0.2) is 0 Å². The van der Waals surface area contributed by atoms with Gasteiger partial charge in [-0.3, -0.25) is 4.79 Å². The van der Waals surface area contributed by atoms with Crippen molar-refractivity contribution in [3.8, 4) is 0 Å². The van der Waals surface area contributed by atoms with Crippen LogP contribution in [0.25, 0.3) is 0 Å². The molecule has 140 valence electrons. The predicted octanol–water partition coefficient (Wildman–Crippen LogP) is 0.352. The van der Waals surface area contributed by atoms with E-state index in [0.717, 1.165) is 45.7 Å². The number of likely N-dealkylation sites (N-methyl/N-ethyl adjacent to an activating group) is 1. The molecule has 1 amide bonds. The lowest BCUT2D eigenvalue weighted by Gasteiger charge is -2.33. The molecule has 2 rings (SSSR count). The monoisotopic (exact) mass is 368 g/mol. The number of nitrogens with zero attached hydrogens (tertiary/aromatic N) is 2. The fourth-order valence-electron chi connectivity index (χ4n) is 2.86. The Morgan fingerprint density at radius 2 is 1.84 bits per heavy atom. The first kappa shape index (κ1) is 19.8. The van der Waals surface area contributed by atoms with E-state index in [9.17, 15) is 13.2 Å². The first-order chi connectivity index (χ1) is 12.0. The molecule has 2 N–H and O–H groups in total. The average molecular weight is 369 g/mol. The second-order valence-corrected chi connectivity index (χ2v) is 8.01. The molecule has 7 nitrogen and oxygen atoms in total. The Labute approximate surface area is 150 Å². The van der Waals surface area contributed by atoms with Crippen LogP contribution in [0.2, 0.25) is 0 Å². The van der Waals surface area contributed by atoms with Gasteiger partial charge in [0.1, 0.15) is 0 Å². The number of rotatable bonds is 8. The maximum atomic E-state index is 12.2. The summed E-state index contributed by atoms with van der Waals surface area (Å²) >= 11 is 0. The van der Waals surface area contributed by atoms with E-state index in [2.05, 4.69) is 26.8 Å². The average Bonchev–Trinajstić information content (AvgIpc) is 2.65. The van der Waals surface area contributed by atoms with Crippen molar-refractivity contribution in [3.05, 3.63) is 29.8 Å². The van der Waals surface area contributed by atoms with Crippen molar-refractivity contribution in [2.24, 2.45) is 0 Å². The molecular weight excluding hydrogens is 340 g/mol. The van der Waals surface area contributed by atoms with Gasteiger partial charge < -0.3 is 15.1 Å². The molecule has 1 saturated heterocycles. The second-order valence-electron chi connectivity index (χ2n) is 6.12. The molecule has 0 unspecified atom stereocenters. The van der Waals surface area contributed by atoms with Crippen LogP contribution in [0.15, 0.2) is 29.2 Å². The van der Waals surface area contributed by atoms with Crippen LogP contribution in [-0.2, 0) is 10.0 Å². The van der Waals surface area contributed by atoms with E-state index in [-0.39, 0.29) is 10.8 Å². The highest BCUT2D eigenvalue weighted by atomic mass is 32.2. The van der Waals surface area contributed by atoms with Crippen molar-refractivity contribution in [1.82, 2.24) is 19.8 Å². The number of carbonyl (C=O) groups is 1. The maximum Gasteiger partial charge on any atom is 0.251 e. The highest BCUT2D eigenvalue weighted by Gasteiger charge is 2.16. The summed E-state index contributed by atoms with van der Waals surface area (Å²) in [5, 5.41) is 2.86. The normalized spacial score (nSPS) is 16.7. The molecule has 0 saturated carbocycles. The Kier molecular flexibility index (Phi) is 7.37. The summed E-state index contributed by atoms with van der Waals surface area (Å²) in [6.07, 6.45) is 0.881. The van der Waals surface area contributed by atoms with Crippen molar-refractivity contribution in [3.63, 3.8) is 0 Å². The van der Waals surface area contributed by atoms with Crippen LogP contribution < -0.4 is 10.0 Å². The highest BCUT2D eigenvalue weighted by Crippen LogP contribution is 2.11. The number of hydrogen-bond donors (Lipinski definition) is 2. The van der Waals surface area contributed by atoms with Crippen molar-refractivity contribution >= 4 is 15.9 Å². The third kappa shape index (κ3) is 5.78. The molecule has 0 bridgehead atoms. The molecule has 0 radical (unpaired) electrons. The Morgan fingerprint density at radius 1 is 1.16 bits per heavy atom. The molecule has 1 aliphatic rings. The smallest absolute Gasteiger partial charge is 0.251 e. The minimum absolute atomic E-state index is 0.0939. The number of hydrogen-bond acceptors (Lipinski definition) is 5. The van der Waals surface area contributed by atoms with E-state index in [0.29, 0.717) is 12.1 Å². The molecule has 1 heterocycles. The molecule has 1 fully saturated rings. The molecule has 0 aliphatic carbocycles. The Bertz CT molecular complexity index is 670. The van der Waals surface area contributed by atoms with Crippen LogP contribution >= 0.6 is 0 Å². The first-order valence-corrected chi connectivity index (χ1v) is 10.2. The van der Waals surface area contributed by atoms with E-state index in [1.807, 2.05) is 0 Å². The maximum absolute atomic E-state index is 12.2. The van der Waals surface area contributed by atoms with E-state index in [4.69, 9.17) is 0 Å². The van der Waals surface area contributed by atoms with Gasteiger partial charge >= 0.3 is 0 Å². The van der Waals surface area contributed by atoms with Crippen molar-refractivity contribution in [2.75, 3.05) is 52.9 Å². The first-order valence-electron chi connectivity index (χ1n) is 8.73. The zero-order chi connectivity index (χ0) is 18.3. The predicted molar refractivity (Wildman–Crippen MR) is 98.2 cm³/mol. The van der Waals surface area contributed by atoms with Gasteiger partial charge in [-0.05, 0) is 44.8 Å². The second kappa shape index (κ2) is 9.28. The van der Waals surface area contributed by atoms with Gasteiger partial charge in [-0.2, -0.15) is 0 Å². The van der Waals surface area contributed by atoms with E-state index >= 15 is 0 Å². The SMILES string of the molecule is CCN1CCN(CCCNC(=O)c2cccc(S(=O)(=O)NC)c2)CC1. The van der Waals surface area contributed by atoms with E-state index in [1.54, 1.807) is 12.1 Å². The lowest BCUT2D eigenvalue weighted by molar-refractivity contribution is 0.0948. The summed E-state index contributed by atoms with van der Waals surface area (Å²) < 4.78 is 25.9. The minimum Gasteiger partial charge on any atom is -0.352 e. The summed E-state index contributed by atoms with van der Waals surface area (Å²) in [6.45, 7) is 9.19. The third-order valence-corrected chi connectivity index (χ3v) is 5.94. The van der Waals surface area contributed by atoms with Crippen LogP contribution in [0.1, 0.15) is 23.7 Å². The molecule has 1 aliphatic heterocycles. The fourth-order valence-corrected chi connectivity index (χ4v) is 3.63. The number of nitrogens with one attached hydrogen (secondary N) is 2. The van der Waals surface area contributed by atoms with Crippen LogP contribution in [0.4, 0.5) is 0 Å². The van der Waals surface area contributed by atoms with Crippen LogP contribution in [-0.4, -0.2) is 77.0 Å². The van der Waals surface area contributed by atoms with Gasteiger partial charge in [-0.25, -0.2) is 13.1 Å². The molecule has 0 atom stereocenters. The standard InChI is InChI=1S/C17H28N4O3S/c1-3-20-10-12-21(13-11-20)9-5-8-19-17(22)15-6-4-7-16(14-15)25(23,24)18-2/h4,6-7,14,18H,3,5,8-13H2,1-2H3,(H,19,22). The third-order valence-electron chi connectivity index (χ3n) is 4.52. The van der Waals surface area contributed by atoms with Crippen LogP contribution in [0.5, 0.6) is 0 Å². The summed E-state index contributed by atoms with van der Waals surface area (Å²) in [5.74, 6) is -0.246. The number of piperazine rings is 1. The molecular formula is C17H28N4O3S. The van der Waals surface area contributed by atoms with E-state index < -0.39 is 10.0 Å². The van der Waals surface area contributed by atoms with Crippen LogP contribution in [0.3, 0.4) is 0 Å². The fraction of sp³-hybridized carbons (Fsp3) is 0.588. The summed E-state index contributed by atoms with van der Waals surface area (Å²) in [4.78, 5) is 17.1. The lowest BCUT2D eigenvalue weighted by Crippen LogP contribution is -2.46. The quantitative estimate of drug-likeness (QED) is 0.647. The Morgan fingerprint density at radius 3 is 2.48 bits per heavy atom. The van der Waals surface area contributed by atoms with Gasteiger partial charge in [-0.1, -0.05) is 13.0 Å². The summed E-state index contributed by atoms with van der Waals surface area (Å²) in [7, 11) is -2.19. The summed E-state index contributed by atoms with van der Waals surface area (Å²) in [6, 6.07) is 6.06. The molecule has 25 heavy (non-hydrogen) atoms. The van der Waals surface area contributed by atoms with Gasteiger partial charge in [-0.15, -0.1) is 0 Å². The van der Waals surface area contributed by atoms with Gasteiger partial charge in [0.25, 0.3) is 5.91 Å². The highest BCUT2D eigenvalue weighted by molar-refractivity contribution is 7.89. The number of amides is 1. The molecule has 1 aromatic carbocycles. The molecule has 0 spiro atoms. The van der Waals surface area contributed by atoms with Gasteiger partial charge in [0, 0.05) is 38.3 Å². The molecule has 8 heteroatoms. The largest absolute Gasteiger partial charge is 0.352 e. The van der Waals surface area contributed by atoms with Crippen molar-refractivity contribution < 1.29 is 13.2 Å². The summed E-state index contributed by atoms with van der Waals surface area (Å²) in [5.41, 5.74) is 0.355. The molecule has 0 aromatic heterocycles. The van der Waals surface area contributed by atoms with Gasteiger partial charge in [0.2, 0.25) is 10.0 Å². The Balaban J connectivity index is 1.77. The lowest BCUT2D eigenvalue weighted by atomic mass is 10.2. The topological polar surface area (TPSA) is 81.8 Å². The number of sulfonamides is 1. The van der Waals surface area contributed by atoms with Gasteiger partial charge in [0.05, 0.1) is 4.90 Å². The van der Waals surface area contributed by atoms with Crippen molar-refractivity contribution in [2.45, 2.75) is 18.2 Å². The van der Waals surface area contributed by atoms with Crippen LogP contribution in [0, 0.1) is 0 Å². The molecule has 1 aromatic rings. The number of benzene rings is 1. The zero-order valence-corrected chi connectivity index (χ0v) is 15.8. The zero-order valence-electron chi connectivity index (χ0n) is 15.0. The minimum atomic E-state index is -3.54. The van der Waals surface area contributed by atoms with Crippen molar-refractivity contribution in [1.29, 1.82) is 0 Å². The Hall–Kier alpha value is -1.48.